The number of aromatic nitrogens is 1. The molecule has 21 heavy (non-hydrogen) atoms. The van der Waals surface area contributed by atoms with E-state index in [1.165, 1.54) is 0 Å². The minimum atomic E-state index is 0.311. The van der Waals surface area contributed by atoms with E-state index >= 15 is 0 Å². The molecule has 0 aliphatic heterocycles. The largest absolute Gasteiger partial charge is 0.493 e. The minimum absolute atomic E-state index is 0.311. The molecule has 1 N–H and O–H groups in total. The second-order valence-electron chi connectivity index (χ2n) is 5.03. The van der Waals surface area contributed by atoms with Crippen LogP contribution in [0.15, 0.2) is 54.6 Å². The van der Waals surface area contributed by atoms with Gasteiger partial charge in [0.1, 0.15) is 0 Å². The minimum Gasteiger partial charge on any atom is -0.493 e. The third-order valence-corrected chi connectivity index (χ3v) is 3.90. The predicted molar refractivity (Wildman–Crippen MR) is 88.3 cm³/mol. The van der Waals surface area contributed by atoms with Crippen LogP contribution in [0.3, 0.4) is 0 Å². The summed E-state index contributed by atoms with van der Waals surface area (Å²) >= 11 is 0. The van der Waals surface area contributed by atoms with Gasteiger partial charge in [0.2, 0.25) is 5.88 Å². The van der Waals surface area contributed by atoms with Gasteiger partial charge >= 0.3 is 0 Å². The van der Waals surface area contributed by atoms with Gasteiger partial charge in [0, 0.05) is 18.5 Å². The molecular weight excluding hydrogens is 260 g/mol. The summed E-state index contributed by atoms with van der Waals surface area (Å²) in [5.74, 6) is 0.311. The molecule has 3 heteroatoms. The van der Waals surface area contributed by atoms with E-state index in [4.69, 9.17) is 0 Å². The Hall–Kier alpha value is -2.42. The second kappa shape index (κ2) is 5.52. The van der Waals surface area contributed by atoms with Gasteiger partial charge in [0.25, 0.3) is 0 Å². The van der Waals surface area contributed by atoms with Crippen molar-refractivity contribution in [3.63, 3.8) is 0 Å². The van der Waals surface area contributed by atoms with Gasteiger partial charge in [-0.2, -0.15) is 0 Å². The third-order valence-electron chi connectivity index (χ3n) is 3.90. The van der Waals surface area contributed by atoms with Crippen LogP contribution in [-0.2, 0) is 0 Å². The summed E-state index contributed by atoms with van der Waals surface area (Å²) in [5, 5.41) is 14.0. The number of fused-ring (bicyclic) bond motifs is 1. The predicted octanol–water partition coefficient (Wildman–Crippen LogP) is 3.99. The summed E-state index contributed by atoms with van der Waals surface area (Å²) in [7, 11) is 0. The second-order valence-corrected chi connectivity index (χ2v) is 5.03. The van der Waals surface area contributed by atoms with E-state index in [1.54, 1.807) is 0 Å². The fraction of sp³-hybridized carbons (Fsp3) is 0.222. The van der Waals surface area contributed by atoms with Crippen LogP contribution < -0.4 is 5.01 Å². The van der Waals surface area contributed by atoms with E-state index in [-0.39, 0.29) is 0 Å². The Bertz CT molecular complexity index is 743. The number of rotatable bonds is 4. The highest BCUT2D eigenvalue weighted by Gasteiger charge is 2.20. The van der Waals surface area contributed by atoms with E-state index < -0.39 is 0 Å². The first kappa shape index (κ1) is 13.6. The van der Waals surface area contributed by atoms with Crippen molar-refractivity contribution in [3.8, 4) is 17.0 Å². The molecule has 0 aliphatic rings. The van der Waals surface area contributed by atoms with Gasteiger partial charge in [-0.15, -0.1) is 0 Å². The SMILES string of the molecule is CCN(CC)n1c(O)c(-c2ccccc2)c2ccccc21. The van der Waals surface area contributed by atoms with Gasteiger partial charge in [-0.25, -0.2) is 4.68 Å². The van der Waals surface area contributed by atoms with Gasteiger partial charge in [-0.1, -0.05) is 48.5 Å². The summed E-state index contributed by atoms with van der Waals surface area (Å²) in [6.07, 6.45) is 0. The van der Waals surface area contributed by atoms with Crippen LogP contribution >= 0.6 is 0 Å². The topological polar surface area (TPSA) is 28.4 Å². The monoisotopic (exact) mass is 280 g/mol. The van der Waals surface area contributed by atoms with Gasteiger partial charge < -0.3 is 10.1 Å². The zero-order valence-corrected chi connectivity index (χ0v) is 12.5. The highest BCUT2D eigenvalue weighted by molar-refractivity contribution is 5.99. The van der Waals surface area contributed by atoms with E-state index in [0.29, 0.717) is 5.88 Å². The van der Waals surface area contributed by atoms with E-state index in [2.05, 4.69) is 31.0 Å². The molecule has 0 saturated heterocycles. The molecule has 108 valence electrons. The third kappa shape index (κ3) is 2.15. The molecule has 0 radical (unpaired) electrons. The van der Waals surface area contributed by atoms with Crippen LogP contribution in [0.1, 0.15) is 13.8 Å². The molecule has 3 rings (SSSR count). The molecule has 0 aliphatic carbocycles. The van der Waals surface area contributed by atoms with Crippen LogP contribution in [0.4, 0.5) is 0 Å². The maximum Gasteiger partial charge on any atom is 0.219 e. The van der Waals surface area contributed by atoms with Crippen molar-refractivity contribution in [3.05, 3.63) is 54.6 Å². The first-order valence-corrected chi connectivity index (χ1v) is 7.41. The quantitative estimate of drug-likeness (QED) is 0.782. The summed E-state index contributed by atoms with van der Waals surface area (Å²) in [4.78, 5) is 0. The molecule has 3 aromatic rings. The lowest BCUT2D eigenvalue weighted by molar-refractivity contribution is 0.416. The fourth-order valence-electron chi connectivity index (χ4n) is 2.89. The lowest BCUT2D eigenvalue weighted by Gasteiger charge is -2.24. The number of aromatic hydroxyl groups is 1. The van der Waals surface area contributed by atoms with E-state index in [9.17, 15) is 5.11 Å². The lowest BCUT2D eigenvalue weighted by atomic mass is 10.0. The molecule has 2 aromatic carbocycles. The van der Waals surface area contributed by atoms with E-state index in [0.717, 1.165) is 35.1 Å². The molecule has 3 nitrogen and oxygen atoms in total. The van der Waals surface area contributed by atoms with Crippen molar-refractivity contribution < 1.29 is 5.11 Å². The highest BCUT2D eigenvalue weighted by atomic mass is 16.3. The number of para-hydroxylation sites is 1. The van der Waals surface area contributed by atoms with Crippen LogP contribution in [0.5, 0.6) is 5.88 Å². The Balaban J connectivity index is 2.34. The zero-order chi connectivity index (χ0) is 14.8. The molecule has 0 bridgehead atoms. The molecule has 0 fully saturated rings. The molecule has 0 spiro atoms. The van der Waals surface area contributed by atoms with Gasteiger partial charge in [0.05, 0.1) is 11.1 Å². The van der Waals surface area contributed by atoms with Gasteiger partial charge in [0.15, 0.2) is 0 Å². The van der Waals surface area contributed by atoms with Crippen molar-refractivity contribution >= 4 is 10.9 Å². The number of benzene rings is 2. The summed E-state index contributed by atoms with van der Waals surface area (Å²) < 4.78 is 1.93. The van der Waals surface area contributed by atoms with Crippen LogP contribution in [0.2, 0.25) is 0 Å². The Labute approximate surface area is 125 Å². The van der Waals surface area contributed by atoms with Gasteiger partial charge in [-0.3, -0.25) is 0 Å². The standard InChI is InChI=1S/C18H20N2O/c1-3-19(4-2)20-16-13-9-8-12-15(16)17(18(20)21)14-10-6-5-7-11-14/h5-13,21H,3-4H2,1-2H3. The van der Waals surface area contributed by atoms with Crippen molar-refractivity contribution in [2.75, 3.05) is 18.1 Å². The summed E-state index contributed by atoms with van der Waals surface area (Å²) in [6, 6.07) is 18.2. The Morgan fingerprint density at radius 3 is 2.19 bits per heavy atom. The zero-order valence-electron chi connectivity index (χ0n) is 12.5. The van der Waals surface area contributed by atoms with Crippen molar-refractivity contribution in [1.82, 2.24) is 4.68 Å². The van der Waals surface area contributed by atoms with E-state index in [1.807, 2.05) is 47.1 Å². The normalized spacial score (nSPS) is 11.0. The number of nitrogens with zero attached hydrogens (tertiary/aromatic N) is 2. The first-order valence-electron chi connectivity index (χ1n) is 7.41. The van der Waals surface area contributed by atoms with Crippen LogP contribution in [0, 0.1) is 0 Å². The maximum absolute atomic E-state index is 10.8. The van der Waals surface area contributed by atoms with Crippen LogP contribution in [0.25, 0.3) is 22.0 Å². The average Bonchev–Trinajstić information content (AvgIpc) is 2.82. The molecular formula is C18H20N2O. The maximum atomic E-state index is 10.8. The molecule has 0 unspecified atom stereocenters. The van der Waals surface area contributed by atoms with Crippen molar-refractivity contribution in [1.29, 1.82) is 0 Å². The molecule has 0 amide bonds. The number of hydrogen-bond acceptors (Lipinski definition) is 2. The fourth-order valence-corrected chi connectivity index (χ4v) is 2.89. The Morgan fingerprint density at radius 2 is 1.52 bits per heavy atom. The first-order chi connectivity index (χ1) is 10.3. The van der Waals surface area contributed by atoms with Crippen LogP contribution in [-0.4, -0.2) is 22.9 Å². The van der Waals surface area contributed by atoms with Crippen molar-refractivity contribution in [2.45, 2.75) is 13.8 Å². The summed E-state index contributed by atoms with van der Waals surface area (Å²) in [6.45, 7) is 5.88. The van der Waals surface area contributed by atoms with Crippen molar-refractivity contribution in [2.24, 2.45) is 0 Å². The smallest absolute Gasteiger partial charge is 0.219 e. The molecule has 0 atom stereocenters. The number of hydrogen-bond donors (Lipinski definition) is 1. The average molecular weight is 280 g/mol. The van der Waals surface area contributed by atoms with Gasteiger partial charge in [-0.05, 0) is 25.5 Å². The summed E-state index contributed by atoms with van der Waals surface area (Å²) in [5.41, 5.74) is 2.98. The molecule has 1 aromatic heterocycles. The molecule has 1 heterocycles. The Morgan fingerprint density at radius 1 is 0.905 bits per heavy atom. The lowest BCUT2D eigenvalue weighted by Crippen LogP contribution is -2.33. The molecule has 0 saturated carbocycles. The highest BCUT2D eigenvalue weighted by Crippen LogP contribution is 2.39. The Kier molecular flexibility index (Phi) is 3.57.